The molecule has 144 valence electrons. The predicted octanol–water partition coefficient (Wildman–Crippen LogP) is 2.05. The van der Waals surface area contributed by atoms with E-state index >= 15 is 0 Å². The number of carbonyl (C=O) groups is 1. The second kappa shape index (κ2) is 7.19. The van der Waals surface area contributed by atoms with Crippen LogP contribution in [0.3, 0.4) is 0 Å². The van der Waals surface area contributed by atoms with Crippen molar-refractivity contribution in [1.29, 1.82) is 0 Å². The summed E-state index contributed by atoms with van der Waals surface area (Å²) in [5.41, 5.74) is 0.492. The molecular weight excluding hydrogens is 386 g/mol. The minimum absolute atomic E-state index is 0.140. The van der Waals surface area contributed by atoms with Crippen LogP contribution in [0, 0.1) is 10.1 Å². The fraction of sp³-hybridized carbons (Fsp3) is 0.118. The van der Waals surface area contributed by atoms with E-state index in [1.54, 1.807) is 35.9 Å². The van der Waals surface area contributed by atoms with Crippen molar-refractivity contribution < 1.29 is 18.1 Å². The molecule has 11 heteroatoms. The van der Waals surface area contributed by atoms with Crippen LogP contribution in [-0.2, 0) is 16.9 Å². The lowest BCUT2D eigenvalue weighted by atomic mass is 10.1. The van der Waals surface area contributed by atoms with Crippen LogP contribution in [0.1, 0.15) is 10.4 Å². The monoisotopic (exact) mass is 401 g/mol. The summed E-state index contributed by atoms with van der Waals surface area (Å²) < 4.78 is 25.3. The highest BCUT2D eigenvalue weighted by Gasteiger charge is 2.19. The number of hydrogen-bond donors (Lipinski definition) is 1. The van der Waals surface area contributed by atoms with Crippen LogP contribution in [0.4, 0.5) is 11.4 Å². The fourth-order valence-electron chi connectivity index (χ4n) is 2.52. The molecule has 0 aliphatic heterocycles. The zero-order chi connectivity index (χ0) is 20.5. The van der Waals surface area contributed by atoms with Crippen LogP contribution in [0.5, 0.6) is 0 Å². The number of nitro benzene ring substituents is 1. The molecule has 0 saturated heterocycles. The third kappa shape index (κ3) is 4.04. The number of nitrogens with one attached hydrogen (secondary N) is 1. The molecule has 1 aromatic heterocycles. The Bertz CT molecular complexity index is 1190. The van der Waals surface area contributed by atoms with Crippen molar-refractivity contribution in [3.8, 4) is 11.4 Å². The summed E-state index contributed by atoms with van der Waals surface area (Å²) in [6.45, 7) is 0. The third-order valence-electron chi connectivity index (χ3n) is 3.88. The van der Waals surface area contributed by atoms with Gasteiger partial charge in [-0.3, -0.25) is 14.9 Å². The summed E-state index contributed by atoms with van der Waals surface area (Å²) in [6.07, 6.45) is 2.45. The molecule has 0 atom stereocenters. The molecule has 1 amide bonds. The number of aromatic nitrogens is 3. The van der Waals surface area contributed by atoms with Crippen LogP contribution < -0.4 is 5.32 Å². The van der Waals surface area contributed by atoms with Gasteiger partial charge in [0.15, 0.2) is 15.7 Å². The summed E-state index contributed by atoms with van der Waals surface area (Å²) in [5.74, 6) is -0.0884. The number of hydrogen-bond acceptors (Lipinski definition) is 7. The van der Waals surface area contributed by atoms with Gasteiger partial charge in [0.25, 0.3) is 11.6 Å². The normalized spacial score (nSPS) is 11.2. The smallest absolute Gasteiger partial charge is 0.271 e. The first-order valence-corrected chi connectivity index (χ1v) is 9.79. The summed E-state index contributed by atoms with van der Waals surface area (Å²) in [5, 5.41) is 21.5. The van der Waals surface area contributed by atoms with Crippen LogP contribution in [-0.4, -0.2) is 40.3 Å². The van der Waals surface area contributed by atoms with Gasteiger partial charge in [0.2, 0.25) is 0 Å². The van der Waals surface area contributed by atoms with Gasteiger partial charge in [-0.05, 0) is 18.2 Å². The van der Waals surface area contributed by atoms with Crippen molar-refractivity contribution in [2.75, 3.05) is 11.6 Å². The van der Waals surface area contributed by atoms with Gasteiger partial charge in [-0.2, -0.15) is 0 Å². The molecule has 0 bridgehead atoms. The molecule has 0 fully saturated rings. The Morgan fingerprint density at radius 3 is 2.57 bits per heavy atom. The van der Waals surface area contributed by atoms with Gasteiger partial charge >= 0.3 is 0 Å². The van der Waals surface area contributed by atoms with E-state index in [0.29, 0.717) is 17.1 Å². The Balaban J connectivity index is 1.95. The van der Waals surface area contributed by atoms with E-state index in [9.17, 15) is 23.3 Å². The second-order valence-electron chi connectivity index (χ2n) is 6.05. The van der Waals surface area contributed by atoms with Gasteiger partial charge in [0.05, 0.1) is 9.82 Å². The highest BCUT2D eigenvalue weighted by Crippen LogP contribution is 2.23. The van der Waals surface area contributed by atoms with Gasteiger partial charge in [0.1, 0.15) is 6.33 Å². The lowest BCUT2D eigenvalue weighted by molar-refractivity contribution is -0.385. The lowest BCUT2D eigenvalue weighted by Crippen LogP contribution is -2.13. The van der Waals surface area contributed by atoms with Crippen molar-refractivity contribution in [1.82, 2.24) is 14.8 Å². The maximum Gasteiger partial charge on any atom is 0.271 e. The molecule has 1 N–H and O–H groups in total. The van der Waals surface area contributed by atoms with Crippen molar-refractivity contribution in [2.24, 2.45) is 7.05 Å². The first kappa shape index (κ1) is 19.2. The third-order valence-corrected chi connectivity index (χ3v) is 4.97. The Morgan fingerprint density at radius 2 is 1.96 bits per heavy atom. The number of benzene rings is 2. The number of anilines is 1. The maximum absolute atomic E-state index is 12.6. The summed E-state index contributed by atoms with van der Waals surface area (Å²) in [7, 11) is -1.96. The quantitative estimate of drug-likeness (QED) is 0.510. The van der Waals surface area contributed by atoms with E-state index in [1.165, 1.54) is 6.33 Å². The second-order valence-corrected chi connectivity index (χ2v) is 8.06. The highest BCUT2D eigenvalue weighted by atomic mass is 32.2. The molecule has 0 saturated carbocycles. The molecule has 2 aromatic carbocycles. The number of sulfone groups is 1. The molecule has 0 spiro atoms. The molecule has 0 aliphatic carbocycles. The first-order chi connectivity index (χ1) is 13.1. The Morgan fingerprint density at radius 1 is 1.21 bits per heavy atom. The standard InChI is InChI=1S/C17H15N5O5S/c1-21-10-18-20-16(21)11-4-3-5-13(6-11)19-17(23)12-7-14(22(24)25)9-15(8-12)28(2,26)27/h3-10H,1-2H3,(H,19,23). The number of non-ortho nitro benzene ring substituents is 1. The predicted molar refractivity (Wildman–Crippen MR) is 101 cm³/mol. The number of nitrogens with zero attached hydrogens (tertiary/aromatic N) is 4. The average Bonchev–Trinajstić information content (AvgIpc) is 3.06. The summed E-state index contributed by atoms with van der Waals surface area (Å²) >= 11 is 0. The first-order valence-electron chi connectivity index (χ1n) is 7.90. The molecule has 0 aliphatic rings. The molecule has 10 nitrogen and oxygen atoms in total. The van der Waals surface area contributed by atoms with Crippen molar-refractivity contribution in [3.05, 3.63) is 64.5 Å². The van der Waals surface area contributed by atoms with Gasteiger partial charge in [-0.15, -0.1) is 10.2 Å². The van der Waals surface area contributed by atoms with Crippen LogP contribution in [0.2, 0.25) is 0 Å². The van der Waals surface area contributed by atoms with Gasteiger partial charge in [-0.1, -0.05) is 12.1 Å². The van der Waals surface area contributed by atoms with E-state index in [0.717, 1.165) is 24.5 Å². The highest BCUT2D eigenvalue weighted by molar-refractivity contribution is 7.90. The molecule has 0 unspecified atom stereocenters. The molecule has 0 radical (unpaired) electrons. The average molecular weight is 401 g/mol. The van der Waals surface area contributed by atoms with Crippen molar-refractivity contribution in [3.63, 3.8) is 0 Å². The maximum atomic E-state index is 12.6. The topological polar surface area (TPSA) is 137 Å². The molecule has 28 heavy (non-hydrogen) atoms. The number of aryl methyl sites for hydroxylation is 1. The summed E-state index contributed by atoms with van der Waals surface area (Å²) in [6, 6.07) is 9.83. The lowest BCUT2D eigenvalue weighted by Gasteiger charge is -2.08. The SMILES string of the molecule is Cn1cnnc1-c1cccc(NC(=O)c2cc([N+](=O)[O-])cc(S(C)(=O)=O)c2)c1. The van der Waals surface area contributed by atoms with Gasteiger partial charge in [0, 0.05) is 42.3 Å². The number of nitro groups is 1. The minimum Gasteiger partial charge on any atom is -0.322 e. The van der Waals surface area contributed by atoms with Crippen LogP contribution in [0.25, 0.3) is 11.4 Å². The molecule has 1 heterocycles. The Kier molecular flexibility index (Phi) is 4.92. The van der Waals surface area contributed by atoms with Gasteiger partial charge in [-0.25, -0.2) is 8.42 Å². The number of rotatable bonds is 5. The Hall–Kier alpha value is -3.60. The fourth-order valence-corrected chi connectivity index (χ4v) is 3.19. The van der Waals surface area contributed by atoms with Crippen molar-refractivity contribution in [2.45, 2.75) is 4.90 Å². The minimum atomic E-state index is -3.73. The van der Waals surface area contributed by atoms with E-state index < -0.39 is 26.4 Å². The van der Waals surface area contributed by atoms with Crippen molar-refractivity contribution >= 4 is 27.1 Å². The largest absolute Gasteiger partial charge is 0.322 e. The van der Waals surface area contributed by atoms with Gasteiger partial charge < -0.3 is 9.88 Å². The van der Waals surface area contributed by atoms with E-state index in [2.05, 4.69) is 15.5 Å². The number of amides is 1. The summed E-state index contributed by atoms with van der Waals surface area (Å²) in [4.78, 5) is 22.6. The molecule has 3 aromatic rings. The van der Waals surface area contributed by atoms with Crippen LogP contribution >= 0.6 is 0 Å². The van der Waals surface area contributed by atoms with E-state index in [1.807, 2.05) is 0 Å². The molecular formula is C17H15N5O5S. The zero-order valence-corrected chi connectivity index (χ0v) is 15.7. The molecule has 3 rings (SSSR count). The Labute approximate surface area is 159 Å². The zero-order valence-electron chi connectivity index (χ0n) is 14.9. The van der Waals surface area contributed by atoms with E-state index in [4.69, 9.17) is 0 Å². The number of carbonyl (C=O) groups excluding carboxylic acids is 1. The van der Waals surface area contributed by atoms with E-state index in [-0.39, 0.29) is 10.5 Å². The van der Waals surface area contributed by atoms with Crippen LogP contribution in [0.15, 0.2) is 53.7 Å².